The number of aliphatic carboxylic acids is 1. The van der Waals surface area contributed by atoms with Crippen LogP contribution in [0.3, 0.4) is 0 Å². The van der Waals surface area contributed by atoms with Gasteiger partial charge in [-0.1, -0.05) is 0 Å². The van der Waals surface area contributed by atoms with E-state index in [1.807, 2.05) is 13.8 Å². The Labute approximate surface area is 82.7 Å². The fourth-order valence-corrected chi connectivity index (χ4v) is 1.26. The number of rotatable bonds is 3. The van der Waals surface area contributed by atoms with E-state index in [9.17, 15) is 4.79 Å². The third-order valence-electron chi connectivity index (χ3n) is 2.25. The summed E-state index contributed by atoms with van der Waals surface area (Å²) in [6.07, 6.45) is -0.139. The summed E-state index contributed by atoms with van der Waals surface area (Å²) < 4.78 is 5.39. The molecule has 0 bridgehead atoms. The van der Waals surface area contributed by atoms with E-state index < -0.39 is 11.5 Å². The molecule has 0 amide bonds. The number of aryl methyl sites for hydroxylation is 2. The van der Waals surface area contributed by atoms with Gasteiger partial charge < -0.3 is 15.3 Å². The van der Waals surface area contributed by atoms with E-state index >= 15 is 0 Å². The number of hydrogen-bond acceptors (Lipinski definition) is 3. The summed E-state index contributed by atoms with van der Waals surface area (Å²) in [4.78, 5) is 10.6. The molecule has 0 saturated carbocycles. The molecule has 0 saturated heterocycles. The average Bonchev–Trinajstić information content (AvgIpc) is 2.30. The summed E-state index contributed by atoms with van der Waals surface area (Å²) >= 11 is 0. The van der Waals surface area contributed by atoms with Crippen LogP contribution in [-0.2, 0) is 10.3 Å². The van der Waals surface area contributed by atoms with E-state index in [0.717, 1.165) is 11.3 Å². The summed E-state index contributed by atoms with van der Waals surface area (Å²) in [6.45, 7) is 5.38. The Morgan fingerprint density at radius 3 is 2.57 bits per heavy atom. The first-order valence-corrected chi connectivity index (χ1v) is 4.41. The fraction of sp³-hybridized carbons (Fsp3) is 0.500. The second-order valence-corrected chi connectivity index (χ2v) is 3.84. The molecule has 1 aromatic heterocycles. The zero-order chi connectivity index (χ0) is 10.9. The van der Waals surface area contributed by atoms with Crippen molar-refractivity contribution in [1.29, 1.82) is 0 Å². The van der Waals surface area contributed by atoms with E-state index in [-0.39, 0.29) is 6.42 Å². The van der Waals surface area contributed by atoms with Crippen LogP contribution in [0.4, 0.5) is 0 Å². The SMILES string of the molecule is Cc1cc(C(C)(N)CC(=O)O)oc1C. The van der Waals surface area contributed by atoms with Gasteiger partial charge in [-0.2, -0.15) is 0 Å². The molecule has 4 nitrogen and oxygen atoms in total. The van der Waals surface area contributed by atoms with Crippen LogP contribution in [-0.4, -0.2) is 11.1 Å². The first-order valence-electron chi connectivity index (χ1n) is 4.41. The number of hydrogen-bond donors (Lipinski definition) is 2. The molecule has 4 heteroatoms. The van der Waals surface area contributed by atoms with Crippen molar-refractivity contribution in [3.8, 4) is 0 Å². The molecule has 1 rings (SSSR count). The van der Waals surface area contributed by atoms with Crippen molar-refractivity contribution in [2.24, 2.45) is 5.73 Å². The predicted octanol–water partition coefficient (Wildman–Crippen LogP) is 1.55. The number of carbonyl (C=O) groups is 1. The molecule has 0 spiro atoms. The zero-order valence-electron chi connectivity index (χ0n) is 8.63. The lowest BCUT2D eigenvalue weighted by Crippen LogP contribution is -2.35. The van der Waals surface area contributed by atoms with Crippen LogP contribution >= 0.6 is 0 Å². The minimum absolute atomic E-state index is 0.139. The molecular weight excluding hydrogens is 182 g/mol. The quantitative estimate of drug-likeness (QED) is 0.770. The Morgan fingerprint density at radius 2 is 2.21 bits per heavy atom. The monoisotopic (exact) mass is 197 g/mol. The number of furan rings is 1. The van der Waals surface area contributed by atoms with E-state index in [1.54, 1.807) is 13.0 Å². The van der Waals surface area contributed by atoms with Crippen LogP contribution in [0.2, 0.25) is 0 Å². The van der Waals surface area contributed by atoms with E-state index in [2.05, 4.69) is 0 Å². The van der Waals surface area contributed by atoms with Gasteiger partial charge >= 0.3 is 5.97 Å². The lowest BCUT2D eigenvalue weighted by atomic mass is 9.96. The van der Waals surface area contributed by atoms with Gasteiger partial charge in [-0.25, -0.2) is 0 Å². The highest BCUT2D eigenvalue weighted by Gasteiger charge is 2.28. The van der Waals surface area contributed by atoms with Gasteiger partial charge in [0.05, 0.1) is 12.0 Å². The van der Waals surface area contributed by atoms with Crippen molar-refractivity contribution < 1.29 is 14.3 Å². The van der Waals surface area contributed by atoms with E-state index in [4.69, 9.17) is 15.3 Å². The number of carboxylic acid groups (broad SMARTS) is 1. The maximum absolute atomic E-state index is 10.6. The van der Waals surface area contributed by atoms with Crippen molar-refractivity contribution in [3.63, 3.8) is 0 Å². The maximum Gasteiger partial charge on any atom is 0.305 e. The molecule has 0 aliphatic carbocycles. The molecule has 1 aromatic rings. The topological polar surface area (TPSA) is 76.5 Å². The lowest BCUT2D eigenvalue weighted by molar-refractivity contribution is -0.138. The van der Waals surface area contributed by atoms with Gasteiger partial charge in [0, 0.05) is 0 Å². The van der Waals surface area contributed by atoms with Gasteiger partial charge in [-0.3, -0.25) is 4.79 Å². The molecule has 78 valence electrons. The van der Waals surface area contributed by atoms with Crippen LogP contribution in [0.15, 0.2) is 10.5 Å². The summed E-state index contributed by atoms with van der Waals surface area (Å²) in [5, 5.41) is 8.66. The first-order chi connectivity index (χ1) is 6.33. The average molecular weight is 197 g/mol. The molecule has 1 unspecified atom stereocenters. The highest BCUT2D eigenvalue weighted by molar-refractivity contribution is 5.68. The Balaban J connectivity index is 2.97. The smallest absolute Gasteiger partial charge is 0.305 e. The minimum Gasteiger partial charge on any atom is -0.481 e. The Morgan fingerprint density at radius 1 is 1.64 bits per heavy atom. The van der Waals surface area contributed by atoms with Gasteiger partial charge in [-0.05, 0) is 32.4 Å². The fourth-order valence-electron chi connectivity index (χ4n) is 1.26. The van der Waals surface area contributed by atoms with Crippen molar-refractivity contribution in [2.75, 3.05) is 0 Å². The van der Waals surface area contributed by atoms with Gasteiger partial charge in [0.25, 0.3) is 0 Å². The van der Waals surface area contributed by atoms with Crippen LogP contribution in [0.1, 0.15) is 30.4 Å². The van der Waals surface area contributed by atoms with Crippen molar-refractivity contribution in [3.05, 3.63) is 23.2 Å². The maximum atomic E-state index is 10.6. The van der Waals surface area contributed by atoms with E-state index in [0.29, 0.717) is 5.76 Å². The van der Waals surface area contributed by atoms with Crippen molar-refractivity contribution in [2.45, 2.75) is 32.7 Å². The van der Waals surface area contributed by atoms with E-state index in [1.165, 1.54) is 0 Å². The molecule has 1 heterocycles. The highest BCUT2D eigenvalue weighted by atomic mass is 16.4. The van der Waals surface area contributed by atoms with Gasteiger partial charge in [0.15, 0.2) is 0 Å². The summed E-state index contributed by atoms with van der Waals surface area (Å²) in [7, 11) is 0. The summed E-state index contributed by atoms with van der Waals surface area (Å²) in [5.74, 6) is 0.374. The molecule has 1 atom stereocenters. The molecule has 3 N–H and O–H groups in total. The van der Waals surface area contributed by atoms with Gasteiger partial charge in [0.1, 0.15) is 11.5 Å². The Kier molecular flexibility index (Phi) is 2.66. The summed E-state index contributed by atoms with van der Waals surface area (Å²) in [6, 6.07) is 1.79. The molecule has 0 aliphatic heterocycles. The van der Waals surface area contributed by atoms with Crippen molar-refractivity contribution in [1.82, 2.24) is 0 Å². The molecular formula is C10H15NO3. The lowest BCUT2D eigenvalue weighted by Gasteiger charge is -2.19. The molecule has 0 radical (unpaired) electrons. The van der Waals surface area contributed by atoms with Gasteiger partial charge in [0.2, 0.25) is 0 Å². The molecule has 14 heavy (non-hydrogen) atoms. The van der Waals surface area contributed by atoms with Crippen LogP contribution in [0.5, 0.6) is 0 Å². The Bertz CT molecular complexity index is 333. The standard InChI is InChI=1S/C10H15NO3/c1-6-4-8(14-7(6)2)10(3,11)5-9(12)13/h4H,5,11H2,1-3H3,(H,12,13). The third-order valence-corrected chi connectivity index (χ3v) is 2.25. The van der Waals surface area contributed by atoms with Crippen LogP contribution in [0, 0.1) is 13.8 Å². The predicted molar refractivity (Wildman–Crippen MR) is 52.0 cm³/mol. The van der Waals surface area contributed by atoms with Crippen LogP contribution in [0.25, 0.3) is 0 Å². The zero-order valence-corrected chi connectivity index (χ0v) is 8.63. The van der Waals surface area contributed by atoms with Crippen LogP contribution < -0.4 is 5.73 Å². The normalized spacial score (nSPS) is 15.1. The molecule has 0 fully saturated rings. The largest absolute Gasteiger partial charge is 0.481 e. The minimum atomic E-state index is -0.940. The van der Waals surface area contributed by atoms with Crippen molar-refractivity contribution >= 4 is 5.97 Å². The first kappa shape index (κ1) is 10.8. The van der Waals surface area contributed by atoms with Gasteiger partial charge in [-0.15, -0.1) is 0 Å². The molecule has 0 aliphatic rings. The second kappa shape index (κ2) is 3.46. The number of carboxylic acids is 1. The second-order valence-electron chi connectivity index (χ2n) is 3.84. The highest BCUT2D eigenvalue weighted by Crippen LogP contribution is 2.25. The Hall–Kier alpha value is -1.29. The molecule has 0 aromatic carbocycles. The number of nitrogens with two attached hydrogens (primary N) is 1. The summed E-state index contributed by atoms with van der Waals surface area (Å²) in [5.41, 5.74) is 5.90. The third kappa shape index (κ3) is 2.14.